The summed E-state index contributed by atoms with van der Waals surface area (Å²) in [5.74, 6) is -0.689. The van der Waals surface area contributed by atoms with Crippen molar-refractivity contribution in [2.45, 2.75) is 33.1 Å². The minimum Gasteiger partial charge on any atom is -0.476 e. The van der Waals surface area contributed by atoms with Crippen LogP contribution in [-0.4, -0.2) is 34.9 Å². The van der Waals surface area contributed by atoms with Crippen molar-refractivity contribution >= 4 is 28.2 Å². The second-order valence-electron chi connectivity index (χ2n) is 4.87. The van der Waals surface area contributed by atoms with E-state index < -0.39 is 5.97 Å². The van der Waals surface area contributed by atoms with Gasteiger partial charge in [-0.1, -0.05) is 17.8 Å². The molecule has 1 N–H and O–H groups in total. The van der Waals surface area contributed by atoms with Crippen LogP contribution in [0, 0.1) is 5.92 Å². The molecule has 0 bridgehead atoms. The van der Waals surface area contributed by atoms with Gasteiger partial charge >= 0.3 is 5.97 Å². The molecule has 1 aromatic rings. The van der Waals surface area contributed by atoms with Crippen LogP contribution in [0.25, 0.3) is 0 Å². The molecule has 0 aliphatic heterocycles. The zero-order chi connectivity index (χ0) is 14.0. The van der Waals surface area contributed by atoms with E-state index in [-0.39, 0.29) is 16.4 Å². The van der Waals surface area contributed by atoms with Gasteiger partial charge in [0.15, 0.2) is 16.6 Å². The van der Waals surface area contributed by atoms with Crippen LogP contribution in [0.5, 0.6) is 0 Å². The third-order valence-electron chi connectivity index (χ3n) is 3.49. The molecular formula is C13H18N2O3S. The molecule has 19 heavy (non-hydrogen) atoms. The number of carboxylic acid groups (broad SMARTS) is 1. The molecule has 104 valence electrons. The number of thiazole rings is 1. The maximum Gasteiger partial charge on any atom is 0.356 e. The van der Waals surface area contributed by atoms with Crippen LogP contribution in [0.3, 0.4) is 0 Å². The summed E-state index contributed by atoms with van der Waals surface area (Å²) in [6, 6.07) is 0. The monoisotopic (exact) mass is 282 g/mol. The number of hydrogen-bond acceptors (Lipinski definition) is 5. The van der Waals surface area contributed by atoms with Crippen LogP contribution in [-0.2, 0) is 0 Å². The van der Waals surface area contributed by atoms with Crippen LogP contribution in [0.2, 0.25) is 0 Å². The molecule has 2 rings (SSSR count). The largest absolute Gasteiger partial charge is 0.476 e. The number of anilines is 1. The van der Waals surface area contributed by atoms with Gasteiger partial charge in [-0.2, -0.15) is 0 Å². The van der Waals surface area contributed by atoms with Crippen molar-refractivity contribution in [1.82, 2.24) is 4.98 Å². The van der Waals surface area contributed by atoms with Crippen molar-refractivity contribution in [2.75, 3.05) is 18.0 Å². The molecule has 0 aromatic carbocycles. The van der Waals surface area contributed by atoms with Gasteiger partial charge < -0.3 is 10.0 Å². The summed E-state index contributed by atoms with van der Waals surface area (Å²) in [5.41, 5.74) is -0.112. The lowest BCUT2D eigenvalue weighted by atomic mass is 9.85. The Morgan fingerprint density at radius 3 is 2.53 bits per heavy atom. The molecule has 1 fully saturated rings. The predicted molar refractivity (Wildman–Crippen MR) is 74.3 cm³/mol. The molecule has 0 saturated heterocycles. The van der Waals surface area contributed by atoms with E-state index in [4.69, 9.17) is 5.11 Å². The average molecular weight is 282 g/mol. The standard InChI is InChI=1S/C13H18N2O3S/c1-3-15(7-9-5-4-6-9)13-14-10(12(17)18)11(19-13)8(2)16/h9H,3-7H2,1-2H3,(H,17,18). The van der Waals surface area contributed by atoms with E-state index in [1.54, 1.807) is 0 Å². The molecule has 0 unspecified atom stereocenters. The smallest absolute Gasteiger partial charge is 0.356 e. The first kappa shape index (κ1) is 14.0. The lowest BCUT2D eigenvalue weighted by Crippen LogP contribution is -2.32. The Bertz CT molecular complexity index is 463. The van der Waals surface area contributed by atoms with Crippen molar-refractivity contribution < 1.29 is 14.7 Å². The average Bonchev–Trinajstić information content (AvgIpc) is 2.73. The third kappa shape index (κ3) is 2.94. The summed E-state index contributed by atoms with van der Waals surface area (Å²) in [7, 11) is 0. The maximum absolute atomic E-state index is 11.5. The highest BCUT2D eigenvalue weighted by atomic mass is 32.1. The van der Waals surface area contributed by atoms with Gasteiger partial charge in [0.2, 0.25) is 0 Å². The summed E-state index contributed by atoms with van der Waals surface area (Å²) in [5, 5.41) is 9.75. The van der Waals surface area contributed by atoms with E-state index >= 15 is 0 Å². The number of nitrogens with zero attached hydrogens (tertiary/aromatic N) is 2. The summed E-state index contributed by atoms with van der Waals surface area (Å²) < 4.78 is 0. The lowest BCUT2D eigenvalue weighted by molar-refractivity contribution is 0.0687. The number of aromatic nitrogens is 1. The van der Waals surface area contributed by atoms with Crippen molar-refractivity contribution in [1.29, 1.82) is 0 Å². The Balaban J connectivity index is 2.24. The zero-order valence-corrected chi connectivity index (χ0v) is 12.0. The molecular weight excluding hydrogens is 264 g/mol. The van der Waals surface area contributed by atoms with Crippen molar-refractivity contribution in [3.8, 4) is 0 Å². The first-order valence-corrected chi connectivity index (χ1v) is 7.34. The SMILES string of the molecule is CCN(CC1CCC1)c1nc(C(=O)O)c(C(C)=O)s1. The first-order chi connectivity index (χ1) is 9.02. The van der Waals surface area contributed by atoms with Crippen molar-refractivity contribution in [3.05, 3.63) is 10.6 Å². The summed E-state index contributed by atoms with van der Waals surface area (Å²) >= 11 is 1.19. The van der Waals surface area contributed by atoms with Gasteiger partial charge in [0.25, 0.3) is 0 Å². The molecule has 1 saturated carbocycles. The van der Waals surface area contributed by atoms with E-state index in [2.05, 4.69) is 9.88 Å². The number of carbonyl (C=O) groups excluding carboxylic acids is 1. The highest BCUT2D eigenvalue weighted by Crippen LogP contribution is 2.32. The number of aromatic carboxylic acids is 1. The maximum atomic E-state index is 11.5. The lowest BCUT2D eigenvalue weighted by Gasteiger charge is -2.31. The quantitative estimate of drug-likeness (QED) is 0.812. The molecule has 1 heterocycles. The zero-order valence-electron chi connectivity index (χ0n) is 11.2. The molecule has 0 spiro atoms. The Morgan fingerprint density at radius 1 is 1.47 bits per heavy atom. The minimum atomic E-state index is -1.13. The second kappa shape index (κ2) is 5.69. The number of Topliss-reactive ketones (excluding diaryl/α,β-unsaturated/α-hetero) is 1. The van der Waals surface area contributed by atoms with Crippen LogP contribution in [0.4, 0.5) is 5.13 Å². The van der Waals surface area contributed by atoms with E-state index in [0.717, 1.165) is 13.1 Å². The highest BCUT2D eigenvalue weighted by Gasteiger charge is 2.25. The first-order valence-electron chi connectivity index (χ1n) is 6.53. The molecule has 6 heteroatoms. The van der Waals surface area contributed by atoms with Crippen LogP contribution >= 0.6 is 11.3 Å². The molecule has 5 nitrogen and oxygen atoms in total. The van der Waals surface area contributed by atoms with Gasteiger partial charge in [-0.15, -0.1) is 0 Å². The number of ketones is 1. The molecule has 0 atom stereocenters. The van der Waals surface area contributed by atoms with E-state index in [1.165, 1.54) is 37.5 Å². The Hall–Kier alpha value is -1.43. The Labute approximate surface area is 116 Å². The fraction of sp³-hybridized carbons (Fsp3) is 0.615. The number of carboxylic acids is 1. The predicted octanol–water partition coefficient (Wildman–Crippen LogP) is 2.67. The van der Waals surface area contributed by atoms with Crippen molar-refractivity contribution in [3.63, 3.8) is 0 Å². The third-order valence-corrected chi connectivity index (χ3v) is 4.71. The minimum absolute atomic E-state index is 0.112. The summed E-state index contributed by atoms with van der Waals surface area (Å²) in [4.78, 5) is 29.0. The van der Waals surface area contributed by atoms with E-state index in [0.29, 0.717) is 11.0 Å². The molecule has 0 amide bonds. The van der Waals surface area contributed by atoms with Gasteiger partial charge in [-0.25, -0.2) is 9.78 Å². The molecule has 1 aliphatic carbocycles. The van der Waals surface area contributed by atoms with Gasteiger partial charge in [-0.3, -0.25) is 4.79 Å². The number of carbonyl (C=O) groups is 2. The molecule has 0 radical (unpaired) electrons. The fourth-order valence-corrected chi connectivity index (χ4v) is 3.18. The fourth-order valence-electron chi connectivity index (χ4n) is 2.16. The van der Waals surface area contributed by atoms with Gasteiger partial charge in [0, 0.05) is 20.0 Å². The topological polar surface area (TPSA) is 70.5 Å². The van der Waals surface area contributed by atoms with Crippen LogP contribution in [0.1, 0.15) is 53.3 Å². The van der Waals surface area contributed by atoms with Crippen LogP contribution < -0.4 is 4.90 Å². The summed E-state index contributed by atoms with van der Waals surface area (Å²) in [6.07, 6.45) is 3.74. The Kier molecular flexibility index (Phi) is 4.19. The van der Waals surface area contributed by atoms with E-state index in [1.807, 2.05) is 6.92 Å². The number of hydrogen-bond donors (Lipinski definition) is 1. The van der Waals surface area contributed by atoms with Gasteiger partial charge in [-0.05, 0) is 25.7 Å². The highest BCUT2D eigenvalue weighted by molar-refractivity contribution is 7.17. The second-order valence-corrected chi connectivity index (χ2v) is 5.85. The molecule has 1 aromatic heterocycles. The van der Waals surface area contributed by atoms with Crippen molar-refractivity contribution in [2.24, 2.45) is 5.92 Å². The van der Waals surface area contributed by atoms with E-state index in [9.17, 15) is 9.59 Å². The van der Waals surface area contributed by atoms with Gasteiger partial charge in [0.1, 0.15) is 4.88 Å². The molecule has 1 aliphatic rings. The van der Waals surface area contributed by atoms with Crippen LogP contribution in [0.15, 0.2) is 0 Å². The normalized spacial score (nSPS) is 15.1. The van der Waals surface area contributed by atoms with Gasteiger partial charge in [0.05, 0.1) is 0 Å². The number of rotatable bonds is 6. The summed E-state index contributed by atoms with van der Waals surface area (Å²) in [6.45, 7) is 5.08. The Morgan fingerprint density at radius 2 is 2.16 bits per heavy atom.